The Morgan fingerprint density at radius 1 is 1.03 bits per heavy atom. The average molecular weight is 508 g/mol. The number of carbonyl (C=O) groups excluding carboxylic acids is 1. The van der Waals surface area contributed by atoms with Crippen LogP contribution in [0.1, 0.15) is 19.8 Å². The van der Waals surface area contributed by atoms with Crippen LogP contribution in [0, 0.1) is 0 Å². The maximum atomic E-state index is 12.1. The van der Waals surface area contributed by atoms with Crippen molar-refractivity contribution in [1.29, 1.82) is 0 Å². The zero-order valence-electron chi connectivity index (χ0n) is 18.9. The molecule has 0 saturated carbocycles. The Kier molecular flexibility index (Phi) is 7.02. The van der Waals surface area contributed by atoms with E-state index in [0.29, 0.717) is 16.4 Å². The Morgan fingerprint density at radius 3 is 2.47 bits per heavy atom. The van der Waals surface area contributed by atoms with Crippen LogP contribution in [0.2, 0.25) is 0 Å². The predicted molar refractivity (Wildman–Crippen MR) is 118 cm³/mol. The molecule has 13 nitrogen and oxygen atoms in total. The number of aliphatic carboxylic acids is 1. The standard InChI is InChI=1S/C23H24O13/c1-23(31,7-15(24)25)8-17(27)33-9-14-18(28)19(29)20(30)22(35-14)36-21-10-2-3-16(26)34-13(10)6-12-11(21)4-5-32-12/h2-6,14,18-20,22,28-31H,7-9H2,1H3,(H,24,25)/t14-,18-,19+,20-,22+,23?/m1/s1. The Morgan fingerprint density at radius 2 is 1.75 bits per heavy atom. The highest BCUT2D eigenvalue weighted by atomic mass is 16.7. The minimum absolute atomic E-state index is 0.105. The highest BCUT2D eigenvalue weighted by Crippen LogP contribution is 2.37. The van der Waals surface area contributed by atoms with Gasteiger partial charge in [-0.3, -0.25) is 9.59 Å². The Labute approximate surface area is 202 Å². The molecule has 1 saturated heterocycles. The molecular weight excluding hydrogens is 484 g/mol. The lowest BCUT2D eigenvalue weighted by Crippen LogP contribution is -2.60. The van der Waals surface area contributed by atoms with E-state index in [-0.39, 0.29) is 11.3 Å². The van der Waals surface area contributed by atoms with E-state index in [2.05, 4.69) is 0 Å². The summed E-state index contributed by atoms with van der Waals surface area (Å²) in [7, 11) is 0. The van der Waals surface area contributed by atoms with Crippen molar-refractivity contribution in [1.82, 2.24) is 0 Å². The van der Waals surface area contributed by atoms with Gasteiger partial charge in [-0.1, -0.05) is 0 Å². The van der Waals surface area contributed by atoms with Gasteiger partial charge in [-0.25, -0.2) is 4.79 Å². The molecule has 3 aromatic rings. The summed E-state index contributed by atoms with van der Waals surface area (Å²) in [6.45, 7) is 0.555. The van der Waals surface area contributed by atoms with Gasteiger partial charge in [0.05, 0.1) is 35.5 Å². The van der Waals surface area contributed by atoms with E-state index in [1.165, 1.54) is 24.5 Å². The van der Waals surface area contributed by atoms with Crippen molar-refractivity contribution in [2.24, 2.45) is 0 Å². The number of fused-ring (bicyclic) bond motifs is 2. The molecule has 13 heteroatoms. The van der Waals surface area contributed by atoms with Crippen LogP contribution in [-0.4, -0.2) is 80.4 Å². The second-order valence-corrected chi connectivity index (χ2v) is 8.76. The molecule has 3 heterocycles. The normalized spacial score (nSPS) is 26.0. The molecule has 36 heavy (non-hydrogen) atoms. The average Bonchev–Trinajstić information content (AvgIpc) is 3.25. The minimum atomic E-state index is -1.87. The molecule has 5 N–H and O–H groups in total. The van der Waals surface area contributed by atoms with Gasteiger partial charge in [0.2, 0.25) is 6.29 Å². The van der Waals surface area contributed by atoms with Gasteiger partial charge in [-0.05, 0) is 19.1 Å². The van der Waals surface area contributed by atoms with E-state index < -0.39 is 73.3 Å². The van der Waals surface area contributed by atoms with Gasteiger partial charge in [-0.15, -0.1) is 0 Å². The topological polar surface area (TPSA) is 206 Å². The van der Waals surface area contributed by atoms with Crippen molar-refractivity contribution in [3.8, 4) is 5.75 Å². The number of aliphatic hydroxyl groups excluding tert-OH is 3. The molecule has 194 valence electrons. The minimum Gasteiger partial charge on any atom is -0.481 e. The van der Waals surface area contributed by atoms with Crippen LogP contribution in [0.25, 0.3) is 21.9 Å². The van der Waals surface area contributed by atoms with Crippen molar-refractivity contribution in [3.63, 3.8) is 0 Å². The van der Waals surface area contributed by atoms with Crippen LogP contribution >= 0.6 is 0 Å². The number of carbonyl (C=O) groups is 2. The van der Waals surface area contributed by atoms with Gasteiger partial charge < -0.3 is 48.6 Å². The molecule has 0 aliphatic carbocycles. The van der Waals surface area contributed by atoms with E-state index in [4.69, 9.17) is 28.2 Å². The Hall–Kier alpha value is -3.49. The summed E-state index contributed by atoms with van der Waals surface area (Å²) in [5, 5.41) is 50.8. The van der Waals surface area contributed by atoms with Crippen molar-refractivity contribution in [2.75, 3.05) is 6.61 Å². The first-order valence-electron chi connectivity index (χ1n) is 10.9. The fourth-order valence-corrected chi connectivity index (χ4v) is 3.93. The summed E-state index contributed by atoms with van der Waals surface area (Å²) < 4.78 is 27.0. The van der Waals surface area contributed by atoms with E-state index in [1.54, 1.807) is 6.07 Å². The third kappa shape index (κ3) is 5.34. The number of ether oxygens (including phenoxy) is 3. The van der Waals surface area contributed by atoms with Crippen LogP contribution in [0.4, 0.5) is 0 Å². The summed E-state index contributed by atoms with van der Waals surface area (Å²) in [5.41, 5.74) is -2.05. The summed E-state index contributed by atoms with van der Waals surface area (Å²) in [6, 6.07) is 5.65. The summed E-state index contributed by atoms with van der Waals surface area (Å²) in [6.07, 6.45) is -8.04. The third-order valence-electron chi connectivity index (χ3n) is 5.68. The summed E-state index contributed by atoms with van der Waals surface area (Å²) in [4.78, 5) is 34.5. The fraction of sp³-hybridized carbons (Fsp3) is 0.435. The van der Waals surface area contributed by atoms with Crippen LogP contribution in [0.3, 0.4) is 0 Å². The van der Waals surface area contributed by atoms with Crippen molar-refractivity contribution < 1.29 is 58.2 Å². The second kappa shape index (κ2) is 9.87. The van der Waals surface area contributed by atoms with E-state index >= 15 is 0 Å². The first kappa shape index (κ1) is 25.6. The largest absolute Gasteiger partial charge is 0.481 e. The molecule has 1 aliphatic heterocycles. The lowest BCUT2D eigenvalue weighted by molar-refractivity contribution is -0.278. The van der Waals surface area contributed by atoms with Crippen molar-refractivity contribution >= 4 is 33.9 Å². The third-order valence-corrected chi connectivity index (χ3v) is 5.68. The van der Waals surface area contributed by atoms with Gasteiger partial charge in [0.25, 0.3) is 0 Å². The first-order valence-corrected chi connectivity index (χ1v) is 10.9. The molecule has 1 aliphatic rings. The predicted octanol–water partition coefficient (Wildman–Crippen LogP) is -0.115. The maximum Gasteiger partial charge on any atom is 0.336 e. The first-order chi connectivity index (χ1) is 16.9. The molecule has 6 atom stereocenters. The summed E-state index contributed by atoms with van der Waals surface area (Å²) >= 11 is 0. The van der Waals surface area contributed by atoms with E-state index in [1.807, 2.05) is 0 Å². The zero-order valence-corrected chi connectivity index (χ0v) is 18.9. The number of rotatable bonds is 8. The number of furan rings is 1. The molecule has 1 fully saturated rings. The Balaban J connectivity index is 1.53. The molecular formula is C23H24O13. The van der Waals surface area contributed by atoms with Crippen molar-refractivity contribution in [3.05, 3.63) is 40.9 Å². The monoisotopic (exact) mass is 508 g/mol. The highest BCUT2D eigenvalue weighted by Gasteiger charge is 2.46. The highest BCUT2D eigenvalue weighted by molar-refractivity contribution is 6.01. The number of carboxylic acids is 1. The molecule has 1 aromatic carbocycles. The van der Waals surface area contributed by atoms with Gasteiger partial charge >= 0.3 is 17.6 Å². The fourth-order valence-electron chi connectivity index (χ4n) is 3.93. The van der Waals surface area contributed by atoms with Crippen LogP contribution in [0.15, 0.2) is 44.2 Å². The Bertz CT molecular complexity index is 1320. The number of benzene rings is 1. The van der Waals surface area contributed by atoms with Crippen LogP contribution in [0.5, 0.6) is 5.75 Å². The number of carboxylic acid groups (broad SMARTS) is 1. The van der Waals surface area contributed by atoms with Crippen molar-refractivity contribution in [2.45, 2.75) is 56.1 Å². The molecule has 0 radical (unpaired) electrons. The van der Waals surface area contributed by atoms with Gasteiger partial charge in [0.15, 0.2) is 0 Å². The summed E-state index contributed by atoms with van der Waals surface area (Å²) in [5.74, 6) is -2.18. The van der Waals surface area contributed by atoms with Crippen LogP contribution in [-0.2, 0) is 19.1 Å². The number of hydrogen-bond donors (Lipinski definition) is 5. The molecule has 1 unspecified atom stereocenters. The van der Waals surface area contributed by atoms with E-state index in [9.17, 15) is 34.8 Å². The van der Waals surface area contributed by atoms with Gasteiger partial charge in [0.1, 0.15) is 47.9 Å². The lowest BCUT2D eigenvalue weighted by atomic mass is 9.98. The molecule has 4 rings (SSSR count). The van der Waals surface area contributed by atoms with Crippen LogP contribution < -0.4 is 10.4 Å². The molecule has 0 bridgehead atoms. The maximum absolute atomic E-state index is 12.1. The molecule has 0 amide bonds. The smallest absolute Gasteiger partial charge is 0.336 e. The number of aliphatic hydroxyl groups is 4. The molecule has 0 spiro atoms. The number of hydrogen-bond acceptors (Lipinski definition) is 12. The second-order valence-electron chi connectivity index (χ2n) is 8.76. The number of esters is 1. The van der Waals surface area contributed by atoms with Gasteiger partial charge in [-0.2, -0.15) is 0 Å². The SMILES string of the molecule is CC(O)(CC(=O)O)CC(=O)OC[C@H]1O[C@@H](Oc2c3ccoc3cc3oc(=O)ccc23)[C@H](O)[C@@H](O)[C@@H]1O. The molecule has 2 aromatic heterocycles. The quantitative estimate of drug-likeness (QED) is 0.199. The lowest BCUT2D eigenvalue weighted by Gasteiger charge is -2.40. The van der Waals surface area contributed by atoms with Gasteiger partial charge in [0, 0.05) is 12.1 Å². The van der Waals surface area contributed by atoms with E-state index in [0.717, 1.165) is 6.92 Å². The zero-order chi connectivity index (χ0) is 26.2.